The minimum absolute atomic E-state index is 0. The first kappa shape index (κ1) is 108. The van der Waals surface area contributed by atoms with E-state index in [9.17, 15) is 0 Å². The molecule has 0 rings (SSSR count). The third-order valence-electron chi connectivity index (χ3n) is 0. The normalized spacial score (nSPS) is 0. The van der Waals surface area contributed by atoms with Gasteiger partial charge in [0.2, 0.25) is 0 Å². The minimum atomic E-state index is 0. The van der Waals surface area contributed by atoms with E-state index in [1.165, 1.54) is 0 Å². The molecule has 0 aromatic heterocycles. The maximum atomic E-state index is 0. The molecule has 2 nitrogen and oxygen atoms in total. The van der Waals surface area contributed by atoms with Gasteiger partial charge in [-0.3, -0.25) is 0 Å². The molecule has 4 radical (unpaired) electrons. The Morgan fingerprint density at radius 1 is 0.750 bits per heavy atom. The molecule has 0 fully saturated rings. The fraction of sp³-hybridized carbons (Fsp3) is 0. The van der Waals surface area contributed by atoms with E-state index < -0.39 is 0 Å². The average molecular weight is 167 g/mol. The van der Waals surface area contributed by atoms with E-state index in [0.717, 1.165) is 0 Å². The molecule has 0 spiro atoms. The molecule has 0 atom stereocenters. The molecule has 0 bridgehead atoms. The second-order valence-electron chi connectivity index (χ2n) is 0. The molecule has 0 heterocycles. The molecule has 4 heavy (non-hydrogen) atoms. The van der Waals surface area contributed by atoms with Crippen LogP contribution in [0.5, 0.6) is 0 Å². The summed E-state index contributed by atoms with van der Waals surface area (Å²) in [6.45, 7) is 0. The number of hydrogen-bond donors (Lipinski definition) is 0. The van der Waals surface area contributed by atoms with E-state index >= 15 is 0 Å². The van der Waals surface area contributed by atoms with E-state index in [4.69, 9.17) is 0 Å². The Labute approximate surface area is 42.9 Å². The van der Waals surface area contributed by atoms with Crippen LogP contribution in [0.2, 0.25) is 0 Å². The van der Waals surface area contributed by atoms with Crippen molar-refractivity contribution in [3.05, 3.63) is 0 Å². The Morgan fingerprint density at radius 3 is 0.750 bits per heavy atom. The smallest absolute Gasteiger partial charge is 0 e. The van der Waals surface area contributed by atoms with Crippen molar-refractivity contribution in [3.8, 4) is 0 Å². The largest absolute Gasteiger partial charge is 2.00 e. The zero-order valence-electron chi connectivity index (χ0n) is 1.63. The number of hydrogen-bond acceptors (Lipinski definition) is 0. The predicted octanol–water partition coefficient (Wildman–Crippen LogP) is -0.621. The number of rotatable bonds is 0. The first-order valence-corrected chi connectivity index (χ1v) is 0. The molecule has 0 aliphatic carbocycles. The van der Waals surface area contributed by atoms with Gasteiger partial charge in [-0.05, 0) is 0 Å². The molecule has 0 aliphatic heterocycles. The van der Waals surface area contributed by atoms with Crippen molar-refractivity contribution in [2.24, 2.45) is 0 Å². The topological polar surface area (TPSA) is 57.0 Å². The predicted molar refractivity (Wildman–Crippen MR) is 7.13 cm³/mol. The van der Waals surface area contributed by atoms with Crippen molar-refractivity contribution < 1.29 is 31.4 Å². The second kappa shape index (κ2) is 46.6. The molecule has 0 aromatic rings. The van der Waals surface area contributed by atoms with Gasteiger partial charge in [0, 0.05) is 31.4 Å². The first-order chi connectivity index (χ1) is 0. The summed E-state index contributed by atoms with van der Waals surface area (Å²) in [6.07, 6.45) is 0. The first-order valence-electron chi connectivity index (χ1n) is 0. The van der Waals surface area contributed by atoms with Crippen LogP contribution in [-0.2, 0) is 31.4 Å². The van der Waals surface area contributed by atoms with Gasteiger partial charge in [0.05, 0.1) is 0 Å². The van der Waals surface area contributed by atoms with E-state index in [2.05, 4.69) is 0 Å². The van der Waals surface area contributed by atoms with Gasteiger partial charge in [-0.25, -0.2) is 0 Å². The van der Waals surface area contributed by atoms with Crippen LogP contribution in [-0.4, -0.2) is 11.0 Å². The Hall–Kier alpha value is 0.799. The SMILES string of the molecule is [O-2].[O-2].[Pd].[Si]. The maximum Gasteiger partial charge on any atom is 0 e. The zero-order valence-corrected chi connectivity index (χ0v) is 4.19. The molecule has 0 saturated heterocycles. The summed E-state index contributed by atoms with van der Waals surface area (Å²) in [4.78, 5) is 0. The van der Waals surface area contributed by atoms with Gasteiger partial charge in [0.15, 0.2) is 0 Å². The van der Waals surface area contributed by atoms with Crippen molar-refractivity contribution in [2.75, 3.05) is 0 Å². The minimum Gasteiger partial charge on any atom is -2.00 e. The van der Waals surface area contributed by atoms with Crippen molar-refractivity contribution in [1.82, 2.24) is 0 Å². The maximum absolute atomic E-state index is 0. The quantitative estimate of drug-likeness (QED) is 0.431. The molecule has 0 N–H and O–H groups in total. The molecular weight excluding hydrogens is 167 g/mol. The fourth-order valence-electron chi connectivity index (χ4n) is 0. The van der Waals surface area contributed by atoms with E-state index in [1.807, 2.05) is 0 Å². The molecule has 0 unspecified atom stereocenters. The van der Waals surface area contributed by atoms with Gasteiger partial charge >= 0.3 is 0 Å². The Morgan fingerprint density at radius 2 is 0.750 bits per heavy atom. The van der Waals surface area contributed by atoms with E-state index in [1.54, 1.807) is 0 Å². The molecule has 0 aromatic carbocycles. The molecular formula is O2PdSi-4. The van der Waals surface area contributed by atoms with Crippen molar-refractivity contribution in [1.29, 1.82) is 0 Å². The summed E-state index contributed by atoms with van der Waals surface area (Å²) in [5.74, 6) is 0. The second-order valence-corrected chi connectivity index (χ2v) is 0. The summed E-state index contributed by atoms with van der Waals surface area (Å²) in [5, 5.41) is 0. The van der Waals surface area contributed by atoms with Crippen LogP contribution in [0.15, 0.2) is 0 Å². The van der Waals surface area contributed by atoms with Gasteiger partial charge in [-0.1, -0.05) is 0 Å². The van der Waals surface area contributed by atoms with E-state index in [0.29, 0.717) is 0 Å². The van der Waals surface area contributed by atoms with Crippen LogP contribution in [0.4, 0.5) is 0 Å². The molecule has 0 saturated carbocycles. The van der Waals surface area contributed by atoms with Gasteiger partial charge in [-0.15, -0.1) is 0 Å². The van der Waals surface area contributed by atoms with Crippen LogP contribution < -0.4 is 0 Å². The van der Waals surface area contributed by atoms with Crippen LogP contribution >= 0.6 is 0 Å². The van der Waals surface area contributed by atoms with E-state index in [-0.39, 0.29) is 42.3 Å². The Bertz CT molecular complexity index is 6.00. The molecule has 0 aliphatic rings. The summed E-state index contributed by atoms with van der Waals surface area (Å²) < 4.78 is 0. The van der Waals surface area contributed by atoms with Gasteiger partial charge in [0.25, 0.3) is 0 Å². The molecule has 30 valence electrons. The summed E-state index contributed by atoms with van der Waals surface area (Å²) in [5.41, 5.74) is 0. The monoisotopic (exact) mass is 166 g/mol. The summed E-state index contributed by atoms with van der Waals surface area (Å²) in [6, 6.07) is 0. The van der Waals surface area contributed by atoms with Crippen LogP contribution in [0.25, 0.3) is 0 Å². The van der Waals surface area contributed by atoms with Crippen molar-refractivity contribution in [2.45, 2.75) is 0 Å². The van der Waals surface area contributed by atoms with Crippen LogP contribution in [0.3, 0.4) is 0 Å². The van der Waals surface area contributed by atoms with Gasteiger partial charge in [0.1, 0.15) is 0 Å². The van der Waals surface area contributed by atoms with Crippen LogP contribution in [0, 0.1) is 0 Å². The Balaban J connectivity index is 0. The average Bonchev–Trinajstić information content (AvgIpc) is 0. The summed E-state index contributed by atoms with van der Waals surface area (Å²) >= 11 is 0. The molecule has 0 amide bonds. The fourth-order valence-corrected chi connectivity index (χ4v) is 0. The third-order valence-corrected chi connectivity index (χ3v) is 0. The van der Waals surface area contributed by atoms with Crippen molar-refractivity contribution >= 4 is 11.0 Å². The zero-order chi connectivity index (χ0) is 0. The summed E-state index contributed by atoms with van der Waals surface area (Å²) in [7, 11) is 0. The Kier molecular flexibility index (Phi) is 1260. The van der Waals surface area contributed by atoms with Gasteiger partial charge in [-0.2, -0.15) is 0 Å². The molecule has 4 heteroatoms. The standard InChI is InChI=1S/2O.Pd.Si/q2*-2;;. The third kappa shape index (κ3) is 14.2. The van der Waals surface area contributed by atoms with Gasteiger partial charge < -0.3 is 11.0 Å². The van der Waals surface area contributed by atoms with Crippen molar-refractivity contribution in [3.63, 3.8) is 0 Å². The van der Waals surface area contributed by atoms with Crippen LogP contribution in [0.1, 0.15) is 0 Å².